The molecule has 3 heterocycles. The zero-order valence-corrected chi connectivity index (χ0v) is 14.9. The summed E-state index contributed by atoms with van der Waals surface area (Å²) in [6.07, 6.45) is 2.88. The van der Waals surface area contributed by atoms with Gasteiger partial charge in [-0.25, -0.2) is 9.78 Å². The molecule has 3 rings (SSSR count). The van der Waals surface area contributed by atoms with Crippen LogP contribution >= 0.6 is 0 Å². The third-order valence-electron chi connectivity index (χ3n) is 4.72. The molecule has 0 bridgehead atoms. The first-order valence-electron chi connectivity index (χ1n) is 8.69. The highest BCUT2D eigenvalue weighted by Gasteiger charge is 2.46. The zero-order valence-electron chi connectivity index (χ0n) is 14.9. The third kappa shape index (κ3) is 4.04. The van der Waals surface area contributed by atoms with Crippen LogP contribution in [0.15, 0.2) is 29.6 Å². The van der Waals surface area contributed by atoms with Gasteiger partial charge in [0.25, 0.3) is 0 Å². The molecule has 12 heteroatoms. The first-order chi connectivity index (χ1) is 13.4. The number of aromatic nitrogens is 4. The SMILES string of the molecule is Nc1ccn([C@@H]2O[C@H](CO)C(CO)C2NC(=O)C(N)Cc2cnc[nH]2)c(=O)n1. The summed E-state index contributed by atoms with van der Waals surface area (Å²) in [4.78, 5) is 35.2. The first kappa shape index (κ1) is 19.9. The molecule has 2 aromatic rings. The Labute approximate surface area is 159 Å². The van der Waals surface area contributed by atoms with Crippen molar-refractivity contribution in [3.8, 4) is 0 Å². The number of aromatic amines is 1. The van der Waals surface area contributed by atoms with Crippen LogP contribution in [0.3, 0.4) is 0 Å². The number of rotatable bonds is 7. The van der Waals surface area contributed by atoms with E-state index < -0.39 is 48.5 Å². The second kappa shape index (κ2) is 8.48. The Morgan fingerprint density at radius 1 is 1.43 bits per heavy atom. The standard InChI is InChI=1S/C16H23N7O5/c17-10(3-8-4-19-7-20-8)14(26)22-13-9(5-24)11(6-25)28-15(13)23-2-1-12(18)21-16(23)27/h1-2,4,7,9-11,13,15,24-25H,3,5-6,17H2,(H,19,20)(H,22,26)(H2,18,21,27)/t9?,10?,11-,13?,15-/m1/s1. The fourth-order valence-corrected chi connectivity index (χ4v) is 3.25. The number of anilines is 1. The van der Waals surface area contributed by atoms with Gasteiger partial charge in [-0.15, -0.1) is 0 Å². The third-order valence-corrected chi connectivity index (χ3v) is 4.72. The maximum atomic E-state index is 12.6. The van der Waals surface area contributed by atoms with Gasteiger partial charge in [0, 0.05) is 30.4 Å². The summed E-state index contributed by atoms with van der Waals surface area (Å²) in [5.41, 5.74) is 11.5. The van der Waals surface area contributed by atoms with E-state index in [0.29, 0.717) is 5.69 Å². The minimum absolute atomic E-state index is 0.0406. The molecule has 5 atom stereocenters. The summed E-state index contributed by atoms with van der Waals surface area (Å²) in [7, 11) is 0. The van der Waals surface area contributed by atoms with Gasteiger partial charge >= 0.3 is 5.69 Å². The average molecular weight is 393 g/mol. The minimum atomic E-state index is -0.988. The van der Waals surface area contributed by atoms with E-state index in [1.807, 2.05) is 0 Å². The molecule has 1 fully saturated rings. The lowest BCUT2D eigenvalue weighted by atomic mass is 9.96. The molecule has 1 aliphatic heterocycles. The Morgan fingerprint density at radius 2 is 2.21 bits per heavy atom. The topological polar surface area (TPSA) is 194 Å². The van der Waals surface area contributed by atoms with Crippen molar-refractivity contribution in [2.75, 3.05) is 18.9 Å². The number of nitrogen functional groups attached to an aromatic ring is 1. The fourth-order valence-electron chi connectivity index (χ4n) is 3.25. The van der Waals surface area contributed by atoms with Crippen molar-refractivity contribution in [3.63, 3.8) is 0 Å². The van der Waals surface area contributed by atoms with Crippen LogP contribution in [-0.4, -0.2) is 67.0 Å². The number of carbonyl (C=O) groups is 1. The Kier molecular flexibility index (Phi) is 6.04. The smallest absolute Gasteiger partial charge is 0.351 e. The fraction of sp³-hybridized carbons (Fsp3) is 0.500. The van der Waals surface area contributed by atoms with Crippen molar-refractivity contribution in [2.24, 2.45) is 11.7 Å². The van der Waals surface area contributed by atoms with E-state index in [9.17, 15) is 19.8 Å². The van der Waals surface area contributed by atoms with Crippen LogP contribution < -0.4 is 22.5 Å². The summed E-state index contributed by atoms with van der Waals surface area (Å²) in [6.45, 7) is -0.773. The predicted octanol–water partition coefficient (Wildman–Crippen LogP) is -2.90. The maximum absolute atomic E-state index is 12.6. The predicted molar refractivity (Wildman–Crippen MR) is 96.7 cm³/mol. The number of aliphatic hydroxyl groups excluding tert-OH is 2. The summed E-state index contributed by atoms with van der Waals surface area (Å²) in [5.74, 6) is -1.11. The molecule has 0 radical (unpaired) electrons. The largest absolute Gasteiger partial charge is 0.396 e. The van der Waals surface area contributed by atoms with Gasteiger partial charge in [0.1, 0.15) is 5.82 Å². The van der Waals surface area contributed by atoms with E-state index in [0.717, 1.165) is 4.57 Å². The number of carbonyl (C=O) groups excluding carboxylic acids is 1. The van der Waals surface area contributed by atoms with Crippen molar-refractivity contribution in [3.05, 3.63) is 41.0 Å². The number of imidazole rings is 1. The molecule has 8 N–H and O–H groups in total. The normalized spacial score (nSPS) is 25.5. The molecule has 3 unspecified atom stereocenters. The van der Waals surface area contributed by atoms with Gasteiger partial charge in [-0.1, -0.05) is 0 Å². The molecule has 12 nitrogen and oxygen atoms in total. The Bertz CT molecular complexity index is 855. The highest BCUT2D eigenvalue weighted by atomic mass is 16.5. The lowest BCUT2D eigenvalue weighted by molar-refractivity contribution is -0.124. The van der Waals surface area contributed by atoms with Crippen molar-refractivity contribution in [1.29, 1.82) is 0 Å². The monoisotopic (exact) mass is 393 g/mol. The van der Waals surface area contributed by atoms with Crippen molar-refractivity contribution in [2.45, 2.75) is 30.8 Å². The van der Waals surface area contributed by atoms with Gasteiger partial charge < -0.3 is 36.7 Å². The second-order valence-electron chi connectivity index (χ2n) is 6.56. The molecule has 0 aromatic carbocycles. The molecule has 0 saturated carbocycles. The number of nitrogens with one attached hydrogen (secondary N) is 2. The summed E-state index contributed by atoms with van der Waals surface area (Å²) < 4.78 is 6.87. The molecule has 1 amide bonds. The van der Waals surface area contributed by atoms with Crippen LogP contribution in [-0.2, 0) is 16.0 Å². The number of aliphatic hydroxyl groups is 2. The van der Waals surface area contributed by atoms with Crippen molar-refractivity contribution < 1.29 is 19.7 Å². The molecule has 152 valence electrons. The van der Waals surface area contributed by atoms with E-state index >= 15 is 0 Å². The zero-order chi connectivity index (χ0) is 20.3. The maximum Gasteiger partial charge on any atom is 0.351 e. The lowest BCUT2D eigenvalue weighted by Gasteiger charge is -2.26. The number of hydrogen-bond donors (Lipinski definition) is 6. The molecule has 1 aliphatic rings. The highest BCUT2D eigenvalue weighted by Crippen LogP contribution is 2.33. The highest BCUT2D eigenvalue weighted by molar-refractivity contribution is 5.82. The van der Waals surface area contributed by atoms with Crippen LogP contribution in [0.25, 0.3) is 0 Å². The Balaban J connectivity index is 1.82. The van der Waals surface area contributed by atoms with Crippen LogP contribution in [0.4, 0.5) is 5.82 Å². The van der Waals surface area contributed by atoms with E-state index in [2.05, 4.69) is 20.3 Å². The second-order valence-corrected chi connectivity index (χ2v) is 6.56. The quantitative estimate of drug-likeness (QED) is 0.286. The van der Waals surface area contributed by atoms with Gasteiger partial charge in [-0.3, -0.25) is 9.36 Å². The molecular formula is C16H23N7O5. The van der Waals surface area contributed by atoms with Gasteiger partial charge in [-0.05, 0) is 6.07 Å². The molecular weight excluding hydrogens is 370 g/mol. The number of nitrogens with two attached hydrogens (primary N) is 2. The molecule has 1 saturated heterocycles. The average Bonchev–Trinajstić information content (AvgIpc) is 3.29. The van der Waals surface area contributed by atoms with E-state index in [1.54, 1.807) is 6.20 Å². The Morgan fingerprint density at radius 3 is 2.82 bits per heavy atom. The number of amides is 1. The van der Waals surface area contributed by atoms with Crippen LogP contribution in [0, 0.1) is 5.92 Å². The number of H-pyrrole nitrogens is 1. The van der Waals surface area contributed by atoms with E-state index in [1.165, 1.54) is 18.6 Å². The van der Waals surface area contributed by atoms with Crippen LogP contribution in [0.5, 0.6) is 0 Å². The van der Waals surface area contributed by atoms with Crippen LogP contribution in [0.2, 0.25) is 0 Å². The summed E-state index contributed by atoms with van der Waals surface area (Å²) in [6, 6.07) is -0.297. The van der Waals surface area contributed by atoms with Gasteiger partial charge in [0.15, 0.2) is 6.23 Å². The van der Waals surface area contributed by atoms with E-state index in [-0.39, 0.29) is 18.8 Å². The van der Waals surface area contributed by atoms with Gasteiger partial charge in [0.05, 0.1) is 37.7 Å². The van der Waals surface area contributed by atoms with Gasteiger partial charge in [-0.2, -0.15) is 4.98 Å². The number of ether oxygens (including phenoxy) is 1. The minimum Gasteiger partial charge on any atom is -0.396 e. The summed E-state index contributed by atoms with van der Waals surface area (Å²) in [5, 5.41) is 22.1. The van der Waals surface area contributed by atoms with E-state index in [4.69, 9.17) is 16.2 Å². The molecule has 0 spiro atoms. The Hall–Kier alpha value is -2.80. The number of nitrogens with zero attached hydrogens (tertiary/aromatic N) is 3. The molecule has 28 heavy (non-hydrogen) atoms. The van der Waals surface area contributed by atoms with Gasteiger partial charge in [0.2, 0.25) is 5.91 Å². The first-order valence-corrected chi connectivity index (χ1v) is 8.69. The van der Waals surface area contributed by atoms with Crippen molar-refractivity contribution >= 4 is 11.7 Å². The number of hydrogen-bond acceptors (Lipinski definition) is 9. The molecule has 2 aromatic heterocycles. The van der Waals surface area contributed by atoms with Crippen molar-refractivity contribution in [1.82, 2.24) is 24.8 Å². The molecule has 0 aliphatic carbocycles. The lowest BCUT2D eigenvalue weighted by Crippen LogP contribution is -2.52. The summed E-state index contributed by atoms with van der Waals surface area (Å²) >= 11 is 0. The van der Waals surface area contributed by atoms with Crippen LogP contribution in [0.1, 0.15) is 11.9 Å².